The first-order chi connectivity index (χ1) is 13.6. The van der Waals surface area contributed by atoms with Crippen molar-refractivity contribution in [3.05, 3.63) is 60.2 Å². The van der Waals surface area contributed by atoms with E-state index in [4.69, 9.17) is 0 Å². The Morgan fingerprint density at radius 3 is 2.21 bits per heavy atom. The minimum Gasteiger partial charge on any atom is -0.372 e. The van der Waals surface area contributed by atoms with Crippen molar-refractivity contribution in [2.75, 3.05) is 35.3 Å². The Hall–Kier alpha value is -2.47. The molecule has 1 atom stereocenters. The van der Waals surface area contributed by atoms with Gasteiger partial charge in [-0.05, 0) is 68.7 Å². The first kappa shape index (κ1) is 21.8. The Labute approximate surface area is 171 Å². The number of carbonyl (C=O) groups excluding carboxylic acids is 2. The lowest BCUT2D eigenvalue weighted by Crippen LogP contribution is -2.44. The van der Waals surface area contributed by atoms with Gasteiger partial charge in [0, 0.05) is 30.0 Å². The maximum absolute atomic E-state index is 12.8. The van der Waals surface area contributed by atoms with Gasteiger partial charge in [0.25, 0.3) is 5.91 Å². The number of nitrogens with zero attached hydrogens (tertiary/aromatic N) is 1. The second kappa shape index (κ2) is 11.4. The minimum atomic E-state index is -0.581. The number of nitrogens with one attached hydrogen (secondary N) is 2. The summed E-state index contributed by atoms with van der Waals surface area (Å²) in [7, 11) is 0. The van der Waals surface area contributed by atoms with Gasteiger partial charge in [0.05, 0.1) is 0 Å². The topological polar surface area (TPSA) is 61.4 Å². The van der Waals surface area contributed by atoms with E-state index in [1.807, 2.05) is 48.7 Å². The van der Waals surface area contributed by atoms with Gasteiger partial charge in [-0.15, -0.1) is 0 Å². The van der Waals surface area contributed by atoms with E-state index in [1.54, 1.807) is 23.9 Å². The zero-order chi connectivity index (χ0) is 20.4. The van der Waals surface area contributed by atoms with Crippen LogP contribution in [0.15, 0.2) is 54.6 Å². The first-order valence-electron chi connectivity index (χ1n) is 9.59. The Kier molecular flexibility index (Phi) is 8.88. The highest BCUT2D eigenvalue weighted by Crippen LogP contribution is 2.18. The maximum atomic E-state index is 12.8. The number of thioether (sulfide) groups is 1. The van der Waals surface area contributed by atoms with Crippen LogP contribution in [0.25, 0.3) is 0 Å². The van der Waals surface area contributed by atoms with E-state index in [1.165, 1.54) is 0 Å². The van der Waals surface area contributed by atoms with Crippen LogP contribution in [-0.4, -0.2) is 43.0 Å². The zero-order valence-corrected chi connectivity index (χ0v) is 17.6. The maximum Gasteiger partial charge on any atom is 0.251 e. The molecule has 150 valence electrons. The fourth-order valence-corrected chi connectivity index (χ4v) is 3.38. The second-order valence-corrected chi connectivity index (χ2v) is 7.37. The van der Waals surface area contributed by atoms with Crippen LogP contribution in [0, 0.1) is 0 Å². The van der Waals surface area contributed by atoms with Crippen molar-refractivity contribution in [3.8, 4) is 0 Å². The SMILES string of the molecule is CCN(CC)c1ccc(NC(=O)[C@H](CCSC)NC(=O)c2ccccc2)cc1. The van der Waals surface area contributed by atoms with Crippen LogP contribution in [0.3, 0.4) is 0 Å². The van der Waals surface area contributed by atoms with Gasteiger partial charge >= 0.3 is 0 Å². The third-order valence-corrected chi connectivity index (χ3v) is 5.18. The lowest BCUT2D eigenvalue weighted by atomic mass is 10.1. The van der Waals surface area contributed by atoms with Gasteiger partial charge in [0.1, 0.15) is 6.04 Å². The van der Waals surface area contributed by atoms with Crippen LogP contribution in [0.1, 0.15) is 30.6 Å². The molecule has 0 fully saturated rings. The van der Waals surface area contributed by atoms with Crippen molar-refractivity contribution in [3.63, 3.8) is 0 Å². The van der Waals surface area contributed by atoms with Gasteiger partial charge in [-0.2, -0.15) is 11.8 Å². The summed E-state index contributed by atoms with van der Waals surface area (Å²) in [4.78, 5) is 27.5. The highest BCUT2D eigenvalue weighted by molar-refractivity contribution is 7.98. The van der Waals surface area contributed by atoms with Gasteiger partial charge in [0.2, 0.25) is 5.91 Å². The average molecular weight is 400 g/mol. The molecule has 0 aliphatic rings. The van der Waals surface area contributed by atoms with E-state index in [2.05, 4.69) is 29.4 Å². The van der Waals surface area contributed by atoms with Gasteiger partial charge in [-0.3, -0.25) is 9.59 Å². The molecule has 0 aliphatic carbocycles. The average Bonchev–Trinajstić information content (AvgIpc) is 2.73. The summed E-state index contributed by atoms with van der Waals surface area (Å²) >= 11 is 1.65. The van der Waals surface area contributed by atoms with Crippen LogP contribution in [0.2, 0.25) is 0 Å². The Morgan fingerprint density at radius 2 is 1.64 bits per heavy atom. The largest absolute Gasteiger partial charge is 0.372 e. The molecule has 0 spiro atoms. The molecule has 0 saturated carbocycles. The number of anilines is 2. The van der Waals surface area contributed by atoms with Crippen molar-refractivity contribution in [1.82, 2.24) is 5.32 Å². The van der Waals surface area contributed by atoms with Crippen molar-refractivity contribution < 1.29 is 9.59 Å². The molecule has 2 rings (SSSR count). The molecular formula is C22H29N3O2S. The summed E-state index contributed by atoms with van der Waals surface area (Å²) in [6.07, 6.45) is 2.56. The lowest BCUT2D eigenvalue weighted by molar-refractivity contribution is -0.118. The molecule has 0 saturated heterocycles. The molecule has 2 N–H and O–H groups in total. The summed E-state index contributed by atoms with van der Waals surface area (Å²) in [5.74, 6) is 0.348. The number of hydrogen-bond donors (Lipinski definition) is 2. The predicted molar refractivity (Wildman–Crippen MR) is 119 cm³/mol. The van der Waals surface area contributed by atoms with E-state index in [0.717, 1.165) is 30.2 Å². The molecular weight excluding hydrogens is 370 g/mol. The fourth-order valence-electron chi connectivity index (χ4n) is 2.91. The fraction of sp³-hybridized carbons (Fsp3) is 0.364. The van der Waals surface area contributed by atoms with Crippen LogP contribution < -0.4 is 15.5 Å². The van der Waals surface area contributed by atoms with E-state index >= 15 is 0 Å². The van der Waals surface area contributed by atoms with Crippen LogP contribution in [-0.2, 0) is 4.79 Å². The lowest BCUT2D eigenvalue weighted by Gasteiger charge is -2.22. The van der Waals surface area contributed by atoms with Crippen molar-refractivity contribution in [2.45, 2.75) is 26.3 Å². The number of benzene rings is 2. The van der Waals surface area contributed by atoms with E-state index in [9.17, 15) is 9.59 Å². The minimum absolute atomic E-state index is 0.200. The van der Waals surface area contributed by atoms with Crippen LogP contribution in [0.5, 0.6) is 0 Å². The van der Waals surface area contributed by atoms with E-state index in [0.29, 0.717) is 12.0 Å². The smallest absolute Gasteiger partial charge is 0.251 e. The Morgan fingerprint density at radius 1 is 1.00 bits per heavy atom. The highest BCUT2D eigenvalue weighted by atomic mass is 32.2. The van der Waals surface area contributed by atoms with Gasteiger partial charge in [-0.1, -0.05) is 18.2 Å². The molecule has 5 nitrogen and oxygen atoms in total. The normalized spacial score (nSPS) is 11.5. The van der Waals surface area contributed by atoms with Gasteiger partial charge in [0.15, 0.2) is 0 Å². The summed E-state index contributed by atoms with van der Waals surface area (Å²) in [5, 5.41) is 5.79. The Bertz CT molecular complexity index is 746. The third-order valence-electron chi connectivity index (χ3n) is 4.53. The molecule has 2 amide bonds. The zero-order valence-electron chi connectivity index (χ0n) is 16.8. The molecule has 28 heavy (non-hydrogen) atoms. The summed E-state index contributed by atoms with van der Waals surface area (Å²) in [5.41, 5.74) is 2.40. The van der Waals surface area contributed by atoms with Crippen molar-refractivity contribution in [1.29, 1.82) is 0 Å². The quantitative estimate of drug-likeness (QED) is 0.633. The summed E-state index contributed by atoms with van der Waals surface area (Å²) in [6, 6.07) is 16.2. The molecule has 0 unspecified atom stereocenters. The molecule has 2 aromatic carbocycles. The molecule has 6 heteroatoms. The number of amides is 2. The number of hydrogen-bond acceptors (Lipinski definition) is 4. The van der Waals surface area contributed by atoms with Crippen LogP contribution >= 0.6 is 11.8 Å². The second-order valence-electron chi connectivity index (χ2n) is 6.38. The summed E-state index contributed by atoms with van der Waals surface area (Å²) in [6.45, 7) is 6.10. The predicted octanol–water partition coefficient (Wildman–Crippen LogP) is 4.02. The molecule has 0 radical (unpaired) electrons. The molecule has 0 aliphatic heterocycles. The molecule has 0 heterocycles. The van der Waals surface area contributed by atoms with Crippen molar-refractivity contribution in [2.24, 2.45) is 0 Å². The Balaban J connectivity index is 2.04. The molecule has 0 bridgehead atoms. The van der Waals surface area contributed by atoms with E-state index in [-0.39, 0.29) is 11.8 Å². The standard InChI is InChI=1S/C22H29N3O2S/c1-4-25(5-2)19-13-11-18(12-14-19)23-22(27)20(15-16-28-3)24-21(26)17-9-7-6-8-10-17/h6-14,20H,4-5,15-16H2,1-3H3,(H,23,27)(H,24,26)/t20-/m0/s1. The molecule has 0 aromatic heterocycles. The number of carbonyl (C=O) groups is 2. The highest BCUT2D eigenvalue weighted by Gasteiger charge is 2.21. The third kappa shape index (κ3) is 6.30. The first-order valence-corrected chi connectivity index (χ1v) is 11.0. The molecule has 2 aromatic rings. The van der Waals surface area contributed by atoms with Crippen molar-refractivity contribution >= 4 is 35.0 Å². The number of rotatable bonds is 10. The monoisotopic (exact) mass is 399 g/mol. The van der Waals surface area contributed by atoms with E-state index < -0.39 is 6.04 Å². The van der Waals surface area contributed by atoms with Gasteiger partial charge < -0.3 is 15.5 Å². The van der Waals surface area contributed by atoms with Crippen LogP contribution in [0.4, 0.5) is 11.4 Å². The summed E-state index contributed by atoms with van der Waals surface area (Å²) < 4.78 is 0. The van der Waals surface area contributed by atoms with Gasteiger partial charge in [-0.25, -0.2) is 0 Å².